The maximum Gasteiger partial charge on any atom is 0.416 e. The van der Waals surface area contributed by atoms with Gasteiger partial charge in [-0.3, -0.25) is 14.7 Å². The molecule has 4 aromatic rings. The Bertz CT molecular complexity index is 1170. The van der Waals surface area contributed by atoms with Crippen molar-refractivity contribution in [2.75, 3.05) is 10.6 Å². The van der Waals surface area contributed by atoms with E-state index in [1.165, 1.54) is 12.1 Å². The Labute approximate surface area is 163 Å². The van der Waals surface area contributed by atoms with Gasteiger partial charge in [-0.25, -0.2) is 9.78 Å². The zero-order valence-electron chi connectivity index (χ0n) is 14.8. The molecule has 3 heterocycles. The van der Waals surface area contributed by atoms with Crippen molar-refractivity contribution in [3.8, 4) is 11.3 Å². The molecule has 0 fully saturated rings. The number of carbonyl (C=O) groups excluding carboxylic acids is 1. The maximum absolute atomic E-state index is 12.9. The number of fused-ring (bicyclic) bond motifs is 1. The highest BCUT2D eigenvalue weighted by molar-refractivity contribution is 6.01. The first-order valence-corrected chi connectivity index (χ1v) is 8.54. The molecule has 6 nitrogen and oxygen atoms in total. The highest BCUT2D eigenvalue weighted by atomic mass is 19.4. The standard InChI is InChI=1S/C20H14F3N5O/c21-20(22,23)14-4-3-5-15(12-14)25-19(29)27-18-17(13-7-9-24-10-8-13)26-16-6-1-2-11-28(16)18/h1-12H,(H2,25,27,29). The van der Waals surface area contributed by atoms with Gasteiger partial charge in [-0.2, -0.15) is 13.2 Å². The second-order valence-electron chi connectivity index (χ2n) is 6.13. The summed E-state index contributed by atoms with van der Waals surface area (Å²) in [6.45, 7) is 0. The summed E-state index contributed by atoms with van der Waals surface area (Å²) < 4.78 is 40.3. The molecule has 0 atom stereocenters. The Kier molecular flexibility index (Phi) is 4.63. The van der Waals surface area contributed by atoms with E-state index in [0.717, 1.165) is 17.7 Å². The Morgan fingerprint density at radius 1 is 0.966 bits per heavy atom. The minimum atomic E-state index is -4.50. The number of alkyl halides is 3. The van der Waals surface area contributed by atoms with Gasteiger partial charge in [0.25, 0.3) is 0 Å². The number of nitrogens with zero attached hydrogens (tertiary/aromatic N) is 3. The second kappa shape index (κ2) is 7.27. The number of hydrogen-bond donors (Lipinski definition) is 2. The molecule has 0 aliphatic heterocycles. The lowest BCUT2D eigenvalue weighted by molar-refractivity contribution is -0.137. The molecule has 146 valence electrons. The number of halogens is 3. The molecular formula is C20H14F3N5O. The van der Waals surface area contributed by atoms with Gasteiger partial charge in [0.05, 0.1) is 5.56 Å². The van der Waals surface area contributed by atoms with Gasteiger partial charge in [0.15, 0.2) is 0 Å². The molecule has 2 N–H and O–H groups in total. The smallest absolute Gasteiger partial charge is 0.308 e. The fourth-order valence-corrected chi connectivity index (χ4v) is 2.87. The van der Waals surface area contributed by atoms with E-state index in [9.17, 15) is 18.0 Å². The molecule has 9 heteroatoms. The molecule has 29 heavy (non-hydrogen) atoms. The number of aromatic nitrogens is 3. The quantitative estimate of drug-likeness (QED) is 0.508. The average molecular weight is 397 g/mol. The van der Waals surface area contributed by atoms with E-state index in [2.05, 4.69) is 20.6 Å². The largest absolute Gasteiger partial charge is 0.416 e. The van der Waals surface area contributed by atoms with Gasteiger partial charge < -0.3 is 5.32 Å². The molecule has 0 unspecified atom stereocenters. The van der Waals surface area contributed by atoms with Crippen molar-refractivity contribution in [3.63, 3.8) is 0 Å². The van der Waals surface area contributed by atoms with E-state index in [1.54, 1.807) is 47.3 Å². The Balaban J connectivity index is 1.65. The van der Waals surface area contributed by atoms with Crippen LogP contribution in [0.5, 0.6) is 0 Å². The summed E-state index contributed by atoms with van der Waals surface area (Å²) in [5, 5.41) is 5.12. The number of carbonyl (C=O) groups is 1. The SMILES string of the molecule is O=C(Nc1cccc(C(F)(F)F)c1)Nc1c(-c2ccncc2)nc2ccccn12. The first-order chi connectivity index (χ1) is 13.9. The van der Waals surface area contributed by atoms with Crippen LogP contribution in [0, 0.1) is 0 Å². The number of pyridine rings is 2. The van der Waals surface area contributed by atoms with Crippen LogP contribution in [0.15, 0.2) is 73.2 Å². The van der Waals surface area contributed by atoms with Gasteiger partial charge in [0.1, 0.15) is 17.2 Å². The summed E-state index contributed by atoms with van der Waals surface area (Å²) in [4.78, 5) is 21.0. The van der Waals surface area contributed by atoms with Gasteiger partial charge in [-0.15, -0.1) is 0 Å². The van der Waals surface area contributed by atoms with Crippen LogP contribution in [-0.2, 0) is 6.18 Å². The van der Waals surface area contributed by atoms with Crippen molar-refractivity contribution in [2.24, 2.45) is 0 Å². The van der Waals surface area contributed by atoms with Crippen molar-refractivity contribution < 1.29 is 18.0 Å². The Morgan fingerprint density at radius 3 is 2.52 bits per heavy atom. The summed E-state index contributed by atoms with van der Waals surface area (Å²) in [7, 11) is 0. The third kappa shape index (κ3) is 3.88. The lowest BCUT2D eigenvalue weighted by Gasteiger charge is -2.11. The van der Waals surface area contributed by atoms with Crippen molar-refractivity contribution >= 4 is 23.2 Å². The van der Waals surface area contributed by atoms with Crippen LogP contribution in [0.1, 0.15) is 5.56 Å². The molecule has 0 spiro atoms. The predicted molar refractivity (Wildman–Crippen MR) is 103 cm³/mol. The van der Waals surface area contributed by atoms with Gasteiger partial charge in [0, 0.05) is 29.8 Å². The highest BCUT2D eigenvalue weighted by Gasteiger charge is 2.30. The van der Waals surface area contributed by atoms with Crippen molar-refractivity contribution in [1.82, 2.24) is 14.4 Å². The molecule has 0 aliphatic carbocycles. The minimum Gasteiger partial charge on any atom is -0.308 e. The number of imidazole rings is 1. The average Bonchev–Trinajstić information content (AvgIpc) is 3.07. The van der Waals surface area contributed by atoms with Crippen molar-refractivity contribution in [2.45, 2.75) is 6.18 Å². The number of benzene rings is 1. The van der Waals surface area contributed by atoms with Crippen LogP contribution < -0.4 is 10.6 Å². The molecule has 3 aromatic heterocycles. The van der Waals surface area contributed by atoms with Gasteiger partial charge >= 0.3 is 12.2 Å². The number of urea groups is 1. The molecule has 0 saturated carbocycles. The Hall–Kier alpha value is -3.88. The molecule has 1 aromatic carbocycles. The van der Waals surface area contributed by atoms with Crippen LogP contribution in [0.3, 0.4) is 0 Å². The summed E-state index contributed by atoms with van der Waals surface area (Å²) in [6.07, 6.45) is 0.439. The maximum atomic E-state index is 12.9. The normalized spacial score (nSPS) is 11.4. The van der Waals surface area contributed by atoms with Crippen LogP contribution >= 0.6 is 0 Å². The lowest BCUT2D eigenvalue weighted by Crippen LogP contribution is -2.21. The first kappa shape index (κ1) is 18.5. The third-order valence-corrected chi connectivity index (χ3v) is 4.16. The van der Waals surface area contributed by atoms with Gasteiger partial charge in [-0.1, -0.05) is 12.1 Å². The summed E-state index contributed by atoms with van der Waals surface area (Å²) >= 11 is 0. The van der Waals surface area contributed by atoms with E-state index in [-0.39, 0.29) is 5.69 Å². The molecular weight excluding hydrogens is 383 g/mol. The number of rotatable bonds is 3. The third-order valence-electron chi connectivity index (χ3n) is 4.16. The second-order valence-corrected chi connectivity index (χ2v) is 6.13. The number of hydrogen-bond acceptors (Lipinski definition) is 3. The molecule has 0 bridgehead atoms. The van der Waals surface area contributed by atoms with Crippen LogP contribution in [0.2, 0.25) is 0 Å². The monoisotopic (exact) mass is 397 g/mol. The van der Waals surface area contributed by atoms with Crippen LogP contribution in [-0.4, -0.2) is 20.4 Å². The minimum absolute atomic E-state index is 0.0246. The number of anilines is 2. The van der Waals surface area contributed by atoms with Crippen LogP contribution in [0.25, 0.3) is 16.9 Å². The Morgan fingerprint density at radius 2 is 1.76 bits per heavy atom. The van der Waals surface area contributed by atoms with Crippen molar-refractivity contribution in [1.29, 1.82) is 0 Å². The van der Waals surface area contributed by atoms with E-state index in [0.29, 0.717) is 17.2 Å². The van der Waals surface area contributed by atoms with Crippen molar-refractivity contribution in [3.05, 3.63) is 78.8 Å². The fraction of sp³-hybridized carbons (Fsp3) is 0.0500. The van der Waals surface area contributed by atoms with E-state index in [1.807, 2.05) is 6.07 Å². The van der Waals surface area contributed by atoms with E-state index < -0.39 is 17.8 Å². The number of amides is 2. The first-order valence-electron chi connectivity index (χ1n) is 8.54. The topological polar surface area (TPSA) is 71.3 Å². The lowest BCUT2D eigenvalue weighted by atomic mass is 10.2. The molecule has 0 radical (unpaired) electrons. The summed E-state index contributed by atoms with van der Waals surface area (Å²) in [5.41, 5.74) is 1.03. The fourth-order valence-electron chi connectivity index (χ4n) is 2.87. The van der Waals surface area contributed by atoms with Gasteiger partial charge in [0.2, 0.25) is 0 Å². The molecule has 0 saturated heterocycles. The van der Waals surface area contributed by atoms with Gasteiger partial charge in [-0.05, 0) is 42.5 Å². The molecule has 4 rings (SSSR count). The highest BCUT2D eigenvalue weighted by Crippen LogP contribution is 2.31. The zero-order chi connectivity index (χ0) is 20.4. The number of nitrogens with one attached hydrogen (secondary N) is 2. The zero-order valence-corrected chi connectivity index (χ0v) is 14.8. The summed E-state index contributed by atoms with van der Waals surface area (Å²) in [5.74, 6) is 0.385. The van der Waals surface area contributed by atoms with E-state index in [4.69, 9.17) is 0 Å². The van der Waals surface area contributed by atoms with Crippen LogP contribution in [0.4, 0.5) is 29.5 Å². The molecule has 2 amide bonds. The van der Waals surface area contributed by atoms with E-state index >= 15 is 0 Å². The summed E-state index contributed by atoms with van der Waals surface area (Å²) in [6, 6.07) is 12.6. The predicted octanol–water partition coefficient (Wildman–Crippen LogP) is 5.06. The molecule has 0 aliphatic rings.